The molecule has 0 saturated carbocycles. The first-order chi connectivity index (χ1) is 15.5. The standard InChI is InChI=1S/C25H24N6O/c1-17-6-7-18(25(32)29-19-8-10-20(11-9-19)31(2)3)15-23(17)30-24-21(5-4-13-27-24)22-12-14-26-16-28-22/h4-16H,1-3H3,(H,27,30)(H,29,32). The highest BCUT2D eigenvalue weighted by molar-refractivity contribution is 6.05. The van der Waals surface area contributed by atoms with E-state index in [2.05, 4.69) is 25.6 Å². The Morgan fingerprint density at radius 3 is 2.47 bits per heavy atom. The predicted octanol–water partition coefficient (Wildman–Crippen LogP) is 4.91. The van der Waals surface area contributed by atoms with Gasteiger partial charge in [0.25, 0.3) is 5.91 Å². The summed E-state index contributed by atoms with van der Waals surface area (Å²) < 4.78 is 0. The molecule has 0 radical (unpaired) electrons. The maximum absolute atomic E-state index is 12.9. The van der Waals surface area contributed by atoms with Crippen LogP contribution in [0.3, 0.4) is 0 Å². The van der Waals surface area contributed by atoms with Gasteiger partial charge in [0, 0.05) is 54.7 Å². The van der Waals surface area contributed by atoms with Crippen LogP contribution in [0.15, 0.2) is 79.4 Å². The van der Waals surface area contributed by atoms with E-state index in [1.165, 1.54) is 6.33 Å². The van der Waals surface area contributed by atoms with Crippen LogP contribution < -0.4 is 15.5 Å². The highest BCUT2D eigenvalue weighted by Crippen LogP contribution is 2.28. The molecule has 0 bridgehead atoms. The van der Waals surface area contributed by atoms with E-state index in [9.17, 15) is 4.79 Å². The maximum atomic E-state index is 12.9. The van der Waals surface area contributed by atoms with Crippen molar-refractivity contribution in [2.45, 2.75) is 6.92 Å². The minimum absolute atomic E-state index is 0.178. The van der Waals surface area contributed by atoms with E-state index in [4.69, 9.17) is 0 Å². The largest absolute Gasteiger partial charge is 0.378 e. The van der Waals surface area contributed by atoms with Crippen LogP contribution in [0.1, 0.15) is 15.9 Å². The van der Waals surface area contributed by atoms with Crippen molar-refractivity contribution in [2.75, 3.05) is 29.6 Å². The Balaban J connectivity index is 1.57. The molecule has 7 nitrogen and oxygen atoms in total. The quantitative estimate of drug-likeness (QED) is 0.458. The number of carbonyl (C=O) groups is 1. The van der Waals surface area contributed by atoms with E-state index in [0.717, 1.165) is 33.9 Å². The Kier molecular flexibility index (Phi) is 6.07. The molecule has 4 rings (SSSR count). The van der Waals surface area contributed by atoms with Crippen LogP contribution in [0.4, 0.5) is 22.9 Å². The fourth-order valence-corrected chi connectivity index (χ4v) is 3.23. The van der Waals surface area contributed by atoms with E-state index in [0.29, 0.717) is 11.4 Å². The van der Waals surface area contributed by atoms with Crippen LogP contribution in [0.25, 0.3) is 11.3 Å². The number of benzene rings is 2. The molecule has 2 aromatic carbocycles. The number of pyridine rings is 1. The number of aromatic nitrogens is 3. The first-order valence-corrected chi connectivity index (χ1v) is 10.2. The Bertz CT molecular complexity index is 1220. The van der Waals surface area contributed by atoms with E-state index in [-0.39, 0.29) is 5.91 Å². The number of hydrogen-bond acceptors (Lipinski definition) is 6. The molecule has 1 amide bonds. The van der Waals surface area contributed by atoms with Gasteiger partial charge < -0.3 is 15.5 Å². The first kappa shape index (κ1) is 21.0. The van der Waals surface area contributed by atoms with Crippen molar-refractivity contribution in [3.05, 3.63) is 90.5 Å². The van der Waals surface area contributed by atoms with Gasteiger partial charge in [-0.2, -0.15) is 0 Å². The molecular formula is C25H24N6O. The Hall–Kier alpha value is -4.26. The van der Waals surface area contributed by atoms with Crippen LogP contribution in [-0.2, 0) is 0 Å². The van der Waals surface area contributed by atoms with Crippen molar-refractivity contribution < 1.29 is 4.79 Å². The van der Waals surface area contributed by atoms with Crippen LogP contribution in [-0.4, -0.2) is 35.0 Å². The van der Waals surface area contributed by atoms with Gasteiger partial charge in [-0.25, -0.2) is 15.0 Å². The van der Waals surface area contributed by atoms with Gasteiger partial charge in [-0.05, 0) is 67.1 Å². The van der Waals surface area contributed by atoms with Crippen molar-refractivity contribution >= 4 is 28.8 Å². The summed E-state index contributed by atoms with van der Waals surface area (Å²) in [4.78, 5) is 27.6. The molecule has 0 aliphatic carbocycles. The van der Waals surface area contributed by atoms with Crippen molar-refractivity contribution in [2.24, 2.45) is 0 Å². The minimum Gasteiger partial charge on any atom is -0.378 e. The number of rotatable bonds is 6. The third-order valence-electron chi connectivity index (χ3n) is 5.06. The van der Waals surface area contributed by atoms with E-state index in [1.807, 2.05) is 86.6 Å². The van der Waals surface area contributed by atoms with Crippen molar-refractivity contribution in [1.29, 1.82) is 0 Å². The molecule has 0 aliphatic rings. The summed E-state index contributed by atoms with van der Waals surface area (Å²) in [5.41, 5.74) is 5.78. The van der Waals surface area contributed by atoms with E-state index in [1.54, 1.807) is 12.4 Å². The summed E-state index contributed by atoms with van der Waals surface area (Å²) in [6.45, 7) is 1.98. The predicted molar refractivity (Wildman–Crippen MR) is 128 cm³/mol. The summed E-state index contributed by atoms with van der Waals surface area (Å²) in [6, 6.07) is 18.9. The normalized spacial score (nSPS) is 10.5. The molecule has 4 aromatic rings. The number of nitrogens with zero attached hydrogens (tertiary/aromatic N) is 4. The fourth-order valence-electron chi connectivity index (χ4n) is 3.23. The molecule has 2 aromatic heterocycles. The first-order valence-electron chi connectivity index (χ1n) is 10.2. The summed E-state index contributed by atoms with van der Waals surface area (Å²) >= 11 is 0. The number of anilines is 4. The number of hydrogen-bond donors (Lipinski definition) is 2. The zero-order valence-electron chi connectivity index (χ0n) is 18.2. The molecule has 0 unspecified atom stereocenters. The molecule has 0 spiro atoms. The zero-order valence-corrected chi connectivity index (χ0v) is 18.2. The number of nitrogens with one attached hydrogen (secondary N) is 2. The second-order valence-corrected chi connectivity index (χ2v) is 7.54. The van der Waals surface area contributed by atoms with Gasteiger partial charge in [0.15, 0.2) is 0 Å². The highest BCUT2D eigenvalue weighted by Gasteiger charge is 2.12. The van der Waals surface area contributed by atoms with E-state index >= 15 is 0 Å². The van der Waals surface area contributed by atoms with Crippen molar-refractivity contribution in [3.63, 3.8) is 0 Å². The molecule has 2 heterocycles. The molecule has 0 aliphatic heterocycles. The summed E-state index contributed by atoms with van der Waals surface area (Å²) in [6.07, 6.45) is 4.92. The third-order valence-corrected chi connectivity index (χ3v) is 5.06. The minimum atomic E-state index is -0.178. The van der Waals surface area contributed by atoms with Gasteiger partial charge in [0.1, 0.15) is 12.1 Å². The number of amides is 1. The molecule has 0 fully saturated rings. The van der Waals surface area contributed by atoms with Gasteiger partial charge in [0.05, 0.1) is 5.69 Å². The Labute approximate surface area is 187 Å². The summed E-state index contributed by atoms with van der Waals surface area (Å²) in [7, 11) is 3.96. The smallest absolute Gasteiger partial charge is 0.255 e. The van der Waals surface area contributed by atoms with Crippen LogP contribution in [0.5, 0.6) is 0 Å². The molecule has 32 heavy (non-hydrogen) atoms. The second kappa shape index (κ2) is 9.26. The molecule has 160 valence electrons. The Morgan fingerprint density at radius 2 is 1.75 bits per heavy atom. The van der Waals surface area contributed by atoms with E-state index < -0.39 is 0 Å². The highest BCUT2D eigenvalue weighted by atomic mass is 16.1. The molecular weight excluding hydrogens is 400 g/mol. The van der Waals surface area contributed by atoms with Crippen LogP contribution in [0, 0.1) is 6.92 Å². The SMILES string of the molecule is Cc1ccc(C(=O)Nc2ccc(N(C)C)cc2)cc1Nc1ncccc1-c1ccncn1. The molecule has 7 heteroatoms. The summed E-state index contributed by atoms with van der Waals surface area (Å²) in [5.74, 6) is 0.480. The maximum Gasteiger partial charge on any atom is 0.255 e. The number of aryl methyl sites for hydroxylation is 1. The third kappa shape index (κ3) is 4.73. The topological polar surface area (TPSA) is 83.0 Å². The second-order valence-electron chi connectivity index (χ2n) is 7.54. The average Bonchev–Trinajstić information content (AvgIpc) is 2.81. The average molecular weight is 425 g/mol. The molecule has 0 saturated heterocycles. The Morgan fingerprint density at radius 1 is 0.938 bits per heavy atom. The zero-order chi connectivity index (χ0) is 22.5. The lowest BCUT2D eigenvalue weighted by molar-refractivity contribution is 0.102. The van der Waals surface area contributed by atoms with Gasteiger partial charge >= 0.3 is 0 Å². The van der Waals surface area contributed by atoms with Gasteiger partial charge in [-0.15, -0.1) is 0 Å². The van der Waals surface area contributed by atoms with Crippen molar-refractivity contribution in [3.8, 4) is 11.3 Å². The molecule has 2 N–H and O–H groups in total. The number of carbonyl (C=O) groups excluding carboxylic acids is 1. The van der Waals surface area contributed by atoms with Crippen molar-refractivity contribution in [1.82, 2.24) is 15.0 Å². The van der Waals surface area contributed by atoms with Crippen LogP contribution in [0.2, 0.25) is 0 Å². The lowest BCUT2D eigenvalue weighted by atomic mass is 10.1. The van der Waals surface area contributed by atoms with Gasteiger partial charge in [-0.1, -0.05) is 6.07 Å². The lowest BCUT2D eigenvalue weighted by Gasteiger charge is -2.15. The van der Waals surface area contributed by atoms with Crippen LogP contribution >= 0.6 is 0 Å². The van der Waals surface area contributed by atoms with Gasteiger partial charge in [0.2, 0.25) is 0 Å². The lowest BCUT2D eigenvalue weighted by Crippen LogP contribution is -2.13. The van der Waals surface area contributed by atoms with Gasteiger partial charge in [-0.3, -0.25) is 4.79 Å². The summed E-state index contributed by atoms with van der Waals surface area (Å²) in [5, 5.41) is 6.32. The monoisotopic (exact) mass is 424 g/mol. The fraction of sp³-hybridized carbons (Fsp3) is 0.120. The molecule has 0 atom stereocenters.